The molecule has 2 atom stereocenters. The molecule has 10 heteroatoms. The van der Waals surface area contributed by atoms with Gasteiger partial charge in [0.05, 0.1) is 17.7 Å². The van der Waals surface area contributed by atoms with E-state index in [2.05, 4.69) is 20.9 Å². The Bertz CT molecular complexity index is 1090. The molecule has 196 valence electrons. The first-order chi connectivity index (χ1) is 16.9. The highest BCUT2D eigenvalue weighted by Crippen LogP contribution is 2.28. The summed E-state index contributed by atoms with van der Waals surface area (Å²) in [5.41, 5.74) is 5.39. The van der Waals surface area contributed by atoms with Gasteiger partial charge in [-0.2, -0.15) is 0 Å². The van der Waals surface area contributed by atoms with E-state index in [1.807, 2.05) is 19.9 Å². The minimum atomic E-state index is -0.813. The van der Waals surface area contributed by atoms with Crippen LogP contribution in [0, 0.1) is 5.82 Å². The summed E-state index contributed by atoms with van der Waals surface area (Å²) < 4.78 is 26.1. The van der Waals surface area contributed by atoms with Gasteiger partial charge < -0.3 is 31.2 Å². The first kappa shape index (κ1) is 27.0. The summed E-state index contributed by atoms with van der Waals surface area (Å²) in [6.07, 6.45) is 2.72. The molecule has 1 aliphatic carbocycles. The zero-order chi connectivity index (χ0) is 26.5. The van der Waals surface area contributed by atoms with Gasteiger partial charge >= 0.3 is 6.09 Å². The zero-order valence-corrected chi connectivity index (χ0v) is 21.5. The lowest BCUT2D eigenvalue weighted by Gasteiger charge is -2.34. The molecule has 1 fully saturated rings. The summed E-state index contributed by atoms with van der Waals surface area (Å²) in [6, 6.07) is 7.65. The van der Waals surface area contributed by atoms with Crippen LogP contribution < -0.4 is 26.4 Å². The smallest absolute Gasteiger partial charge is 0.407 e. The molecule has 0 aliphatic heterocycles. The summed E-state index contributed by atoms with van der Waals surface area (Å²) in [7, 11) is 0. The molecule has 0 spiro atoms. The molecule has 0 radical (unpaired) electrons. The molecule has 1 aliphatic rings. The Labute approximate surface area is 211 Å². The fraction of sp³-hybridized carbons (Fsp3) is 0.500. The molecule has 1 heterocycles. The predicted octanol–water partition coefficient (Wildman–Crippen LogP) is 5.10. The summed E-state index contributed by atoms with van der Waals surface area (Å²) >= 11 is 0. The van der Waals surface area contributed by atoms with Crippen LogP contribution in [0.15, 0.2) is 30.3 Å². The first-order valence-corrected chi connectivity index (χ1v) is 12.2. The van der Waals surface area contributed by atoms with E-state index >= 15 is 4.39 Å². The van der Waals surface area contributed by atoms with Gasteiger partial charge in [-0.1, -0.05) is 18.9 Å². The van der Waals surface area contributed by atoms with E-state index < -0.39 is 23.4 Å². The number of primary amides is 1. The van der Waals surface area contributed by atoms with E-state index in [-0.39, 0.29) is 35.4 Å². The number of rotatable bonds is 8. The molecule has 2 amide bonds. The lowest BCUT2D eigenvalue weighted by Crippen LogP contribution is -2.50. The standard InChI is InChI=1S/C26H36FN5O4/c1-15(2)35-17-10-8-9-16(13-17)29-23-18(22(28)33)14-19(27)24(32-23)30-20-11-6-7-12-21(20)31-25(34)36-26(3,4)5/h8-10,13-15,20-21H,6-7,11-12H2,1-5H3,(H2,28,33)(H,31,34)(H2,29,30,32)/t20-,21+/m1/s1. The second-order valence-corrected chi connectivity index (χ2v) is 10.2. The number of nitrogens with one attached hydrogen (secondary N) is 3. The van der Waals surface area contributed by atoms with Crippen molar-refractivity contribution in [2.75, 3.05) is 10.6 Å². The van der Waals surface area contributed by atoms with Crippen molar-refractivity contribution in [3.8, 4) is 5.75 Å². The number of halogens is 1. The molecule has 1 aromatic heterocycles. The van der Waals surface area contributed by atoms with Crippen LogP contribution in [-0.4, -0.2) is 40.8 Å². The maximum atomic E-state index is 15.0. The van der Waals surface area contributed by atoms with Crippen molar-refractivity contribution in [1.29, 1.82) is 0 Å². The molecule has 5 N–H and O–H groups in total. The number of aromatic nitrogens is 1. The molecule has 9 nitrogen and oxygen atoms in total. The number of ether oxygens (including phenoxy) is 2. The molecule has 0 unspecified atom stereocenters. The van der Waals surface area contributed by atoms with Crippen LogP contribution in [0.1, 0.15) is 70.7 Å². The number of pyridine rings is 1. The summed E-state index contributed by atoms with van der Waals surface area (Å²) in [6.45, 7) is 9.22. The topological polar surface area (TPSA) is 128 Å². The Hall–Kier alpha value is -3.56. The molecule has 0 bridgehead atoms. The molecule has 3 rings (SSSR count). The van der Waals surface area contributed by atoms with Crippen LogP contribution in [0.5, 0.6) is 5.75 Å². The van der Waals surface area contributed by atoms with Gasteiger partial charge in [0.2, 0.25) is 0 Å². The van der Waals surface area contributed by atoms with Crippen LogP contribution in [0.4, 0.5) is 26.5 Å². The Balaban J connectivity index is 1.84. The third kappa shape index (κ3) is 7.73. The highest BCUT2D eigenvalue weighted by Gasteiger charge is 2.30. The van der Waals surface area contributed by atoms with Gasteiger partial charge in [0.25, 0.3) is 5.91 Å². The quantitative estimate of drug-likeness (QED) is 0.396. The Morgan fingerprint density at radius 2 is 1.81 bits per heavy atom. The van der Waals surface area contributed by atoms with Crippen molar-refractivity contribution in [3.63, 3.8) is 0 Å². The number of carbonyl (C=O) groups excluding carboxylic acids is 2. The Morgan fingerprint density at radius 1 is 1.11 bits per heavy atom. The van der Waals surface area contributed by atoms with E-state index in [0.29, 0.717) is 24.3 Å². The van der Waals surface area contributed by atoms with Crippen molar-refractivity contribution in [2.24, 2.45) is 5.73 Å². The number of benzene rings is 1. The molecular weight excluding hydrogens is 465 g/mol. The Kier molecular flexibility index (Phi) is 8.60. The minimum absolute atomic E-state index is 0.0149. The summed E-state index contributed by atoms with van der Waals surface area (Å²) in [4.78, 5) is 28.7. The van der Waals surface area contributed by atoms with E-state index in [4.69, 9.17) is 15.2 Å². The number of nitrogens with zero attached hydrogens (tertiary/aromatic N) is 1. The number of nitrogens with two attached hydrogens (primary N) is 1. The van der Waals surface area contributed by atoms with Gasteiger partial charge in [0.1, 0.15) is 17.2 Å². The lowest BCUT2D eigenvalue weighted by atomic mass is 9.90. The Morgan fingerprint density at radius 3 is 2.44 bits per heavy atom. The minimum Gasteiger partial charge on any atom is -0.491 e. The molecular formula is C26H36FN5O4. The largest absolute Gasteiger partial charge is 0.491 e. The fourth-order valence-corrected chi connectivity index (χ4v) is 4.04. The normalized spacial score (nSPS) is 17.9. The molecule has 1 aromatic carbocycles. The van der Waals surface area contributed by atoms with Gasteiger partial charge in [0.15, 0.2) is 11.6 Å². The number of carbonyl (C=O) groups is 2. The average molecular weight is 502 g/mol. The monoisotopic (exact) mass is 501 g/mol. The number of hydrogen-bond acceptors (Lipinski definition) is 7. The van der Waals surface area contributed by atoms with Crippen LogP contribution in [-0.2, 0) is 4.74 Å². The van der Waals surface area contributed by atoms with Crippen molar-refractivity contribution in [3.05, 3.63) is 41.7 Å². The lowest BCUT2D eigenvalue weighted by molar-refractivity contribution is 0.0488. The van der Waals surface area contributed by atoms with Gasteiger partial charge in [-0.15, -0.1) is 0 Å². The first-order valence-electron chi connectivity index (χ1n) is 12.2. The van der Waals surface area contributed by atoms with Gasteiger partial charge in [-0.25, -0.2) is 14.2 Å². The van der Waals surface area contributed by atoms with E-state index in [1.165, 1.54) is 0 Å². The fourth-order valence-electron chi connectivity index (χ4n) is 4.04. The highest BCUT2D eigenvalue weighted by molar-refractivity contribution is 5.98. The molecule has 36 heavy (non-hydrogen) atoms. The van der Waals surface area contributed by atoms with E-state index in [1.54, 1.807) is 39.0 Å². The van der Waals surface area contributed by atoms with Crippen molar-refractivity contribution < 1.29 is 23.5 Å². The second-order valence-electron chi connectivity index (χ2n) is 10.2. The zero-order valence-electron chi connectivity index (χ0n) is 21.5. The molecule has 2 aromatic rings. The van der Waals surface area contributed by atoms with Gasteiger partial charge in [-0.05, 0) is 65.7 Å². The highest BCUT2D eigenvalue weighted by atomic mass is 19.1. The average Bonchev–Trinajstić information content (AvgIpc) is 2.75. The summed E-state index contributed by atoms with van der Waals surface area (Å²) in [5, 5.41) is 9.07. The number of anilines is 3. The molecule has 0 saturated heterocycles. The van der Waals surface area contributed by atoms with Crippen LogP contribution >= 0.6 is 0 Å². The maximum Gasteiger partial charge on any atom is 0.407 e. The van der Waals surface area contributed by atoms with Crippen molar-refractivity contribution >= 4 is 29.3 Å². The van der Waals surface area contributed by atoms with Crippen molar-refractivity contribution in [1.82, 2.24) is 10.3 Å². The van der Waals surface area contributed by atoms with E-state index in [0.717, 1.165) is 18.9 Å². The van der Waals surface area contributed by atoms with Crippen LogP contribution in [0.25, 0.3) is 0 Å². The van der Waals surface area contributed by atoms with Crippen molar-refractivity contribution in [2.45, 2.75) is 84.1 Å². The second kappa shape index (κ2) is 11.5. The van der Waals surface area contributed by atoms with E-state index in [9.17, 15) is 9.59 Å². The van der Waals surface area contributed by atoms with Crippen LogP contribution in [0.2, 0.25) is 0 Å². The number of hydrogen-bond donors (Lipinski definition) is 4. The third-order valence-electron chi connectivity index (χ3n) is 5.50. The summed E-state index contributed by atoms with van der Waals surface area (Å²) in [5.74, 6) is -0.824. The van der Waals surface area contributed by atoms with Gasteiger partial charge in [-0.3, -0.25) is 4.79 Å². The van der Waals surface area contributed by atoms with Gasteiger partial charge in [0, 0.05) is 17.8 Å². The number of alkyl carbamates (subject to hydrolysis) is 1. The molecule has 1 saturated carbocycles. The van der Waals surface area contributed by atoms with Crippen LogP contribution in [0.3, 0.4) is 0 Å². The predicted molar refractivity (Wildman–Crippen MR) is 137 cm³/mol. The third-order valence-corrected chi connectivity index (χ3v) is 5.50. The SMILES string of the molecule is CC(C)Oc1cccc(Nc2nc(N[C@@H]3CCCC[C@@H]3NC(=O)OC(C)(C)C)c(F)cc2C(N)=O)c1. The number of amides is 2. The maximum absolute atomic E-state index is 15.0.